The number of methoxy groups -OCH3 is 1. The number of benzene rings is 1. The zero-order valence-corrected chi connectivity index (χ0v) is 14.6. The predicted octanol–water partition coefficient (Wildman–Crippen LogP) is 3.66. The van der Waals surface area contributed by atoms with Crippen LogP contribution in [0.5, 0.6) is 5.88 Å². The van der Waals surface area contributed by atoms with Crippen molar-refractivity contribution in [2.45, 2.75) is 13.0 Å². The lowest BCUT2D eigenvalue weighted by atomic mass is 10.1. The third-order valence-corrected chi connectivity index (χ3v) is 4.18. The smallest absolute Gasteiger partial charge is 0.221 e. The second-order valence-corrected chi connectivity index (χ2v) is 6.01. The zero-order chi connectivity index (χ0) is 17.9. The highest BCUT2D eigenvalue weighted by Crippen LogP contribution is 2.28. The molecule has 0 spiro atoms. The number of hydrogen-bond acceptors (Lipinski definition) is 6. The van der Waals surface area contributed by atoms with Crippen molar-refractivity contribution in [3.05, 3.63) is 48.8 Å². The van der Waals surface area contributed by atoms with Crippen molar-refractivity contribution in [3.8, 4) is 5.88 Å². The fourth-order valence-corrected chi connectivity index (χ4v) is 2.70. The van der Waals surface area contributed by atoms with Crippen molar-refractivity contribution < 1.29 is 9.47 Å². The Morgan fingerprint density at radius 2 is 2.04 bits per heavy atom. The predicted molar refractivity (Wildman–Crippen MR) is 101 cm³/mol. The summed E-state index contributed by atoms with van der Waals surface area (Å²) in [5.41, 5.74) is 1.62. The van der Waals surface area contributed by atoms with Crippen LogP contribution in [0.25, 0.3) is 21.8 Å². The minimum absolute atomic E-state index is 0.00950. The molecule has 3 heterocycles. The molecule has 1 aromatic carbocycles. The number of pyridine rings is 2. The van der Waals surface area contributed by atoms with E-state index < -0.39 is 0 Å². The van der Waals surface area contributed by atoms with Gasteiger partial charge in [-0.15, -0.1) is 0 Å². The van der Waals surface area contributed by atoms with Crippen LogP contribution >= 0.6 is 0 Å². The van der Waals surface area contributed by atoms with Gasteiger partial charge < -0.3 is 14.8 Å². The van der Waals surface area contributed by atoms with Crippen molar-refractivity contribution in [1.29, 1.82) is 0 Å². The van der Waals surface area contributed by atoms with Gasteiger partial charge in [-0.25, -0.2) is 9.97 Å². The van der Waals surface area contributed by atoms with Gasteiger partial charge in [-0.3, -0.25) is 5.10 Å². The third kappa shape index (κ3) is 3.16. The number of nitrogens with zero attached hydrogens (tertiary/aromatic N) is 3. The molecule has 0 fully saturated rings. The quantitative estimate of drug-likeness (QED) is 0.552. The van der Waals surface area contributed by atoms with E-state index in [1.54, 1.807) is 19.5 Å². The lowest BCUT2D eigenvalue weighted by molar-refractivity contribution is 0.0706. The average Bonchev–Trinajstić information content (AvgIpc) is 3.08. The van der Waals surface area contributed by atoms with E-state index in [0.717, 1.165) is 27.7 Å². The molecule has 4 aromatic rings. The standard InChI is InChI=1S/C19H19N5O2/c1-12(25-2)11-26-19-15-6-5-14(10-13(15)7-9-21-19)22-18-16-4-3-8-20-17(16)23-24-18/h3-10,12H,11H2,1-2H3,(H2,20,22,23,24)/t12-/m1/s1. The summed E-state index contributed by atoms with van der Waals surface area (Å²) in [5.74, 6) is 1.42. The van der Waals surface area contributed by atoms with Crippen molar-refractivity contribution in [3.63, 3.8) is 0 Å². The first-order valence-corrected chi connectivity index (χ1v) is 8.35. The molecule has 0 amide bonds. The molecule has 132 valence electrons. The first-order chi connectivity index (χ1) is 12.7. The topological polar surface area (TPSA) is 85.0 Å². The number of aromatic nitrogens is 4. The highest BCUT2D eigenvalue weighted by molar-refractivity contribution is 5.92. The minimum atomic E-state index is 0.00950. The molecule has 26 heavy (non-hydrogen) atoms. The molecular formula is C19H19N5O2. The van der Waals surface area contributed by atoms with Crippen molar-refractivity contribution in [2.75, 3.05) is 19.0 Å². The third-order valence-electron chi connectivity index (χ3n) is 4.18. The van der Waals surface area contributed by atoms with E-state index in [-0.39, 0.29) is 6.10 Å². The second-order valence-electron chi connectivity index (χ2n) is 6.01. The molecule has 1 atom stereocenters. The van der Waals surface area contributed by atoms with Gasteiger partial charge in [-0.05, 0) is 48.7 Å². The summed E-state index contributed by atoms with van der Waals surface area (Å²) in [4.78, 5) is 8.57. The highest BCUT2D eigenvalue weighted by atomic mass is 16.5. The largest absolute Gasteiger partial charge is 0.474 e. The fraction of sp³-hybridized carbons (Fsp3) is 0.211. The Morgan fingerprint density at radius 1 is 1.12 bits per heavy atom. The van der Waals surface area contributed by atoms with Crippen molar-refractivity contribution >= 4 is 33.3 Å². The first kappa shape index (κ1) is 16.3. The van der Waals surface area contributed by atoms with E-state index in [1.165, 1.54) is 0 Å². The molecule has 0 saturated heterocycles. The number of anilines is 2. The molecule has 7 nitrogen and oxygen atoms in total. The van der Waals surface area contributed by atoms with Crippen LogP contribution in [0.2, 0.25) is 0 Å². The van der Waals surface area contributed by atoms with E-state index in [1.807, 2.05) is 43.3 Å². The number of H-pyrrole nitrogens is 1. The molecule has 0 unspecified atom stereocenters. The number of rotatable bonds is 6. The van der Waals surface area contributed by atoms with E-state index in [4.69, 9.17) is 9.47 Å². The summed E-state index contributed by atoms with van der Waals surface area (Å²) in [6.07, 6.45) is 3.48. The SMILES string of the molecule is CO[C@H](C)COc1nccc2cc(Nc3[nH]nc4ncccc34)ccc12. The molecule has 0 radical (unpaired) electrons. The molecule has 0 saturated carbocycles. The van der Waals surface area contributed by atoms with E-state index in [2.05, 4.69) is 25.5 Å². The Morgan fingerprint density at radius 3 is 2.92 bits per heavy atom. The van der Waals surface area contributed by atoms with Crippen molar-refractivity contribution in [2.24, 2.45) is 0 Å². The summed E-state index contributed by atoms with van der Waals surface area (Å²) in [5, 5.41) is 13.5. The number of fused-ring (bicyclic) bond motifs is 2. The molecule has 0 aliphatic carbocycles. The lowest BCUT2D eigenvalue weighted by Crippen LogP contribution is -2.16. The fourth-order valence-electron chi connectivity index (χ4n) is 2.70. The Hall–Kier alpha value is -3.19. The monoisotopic (exact) mass is 349 g/mol. The maximum atomic E-state index is 5.79. The van der Waals surface area contributed by atoms with Gasteiger partial charge in [0.05, 0.1) is 11.5 Å². The first-order valence-electron chi connectivity index (χ1n) is 8.35. The van der Waals surface area contributed by atoms with Gasteiger partial charge in [0.1, 0.15) is 12.4 Å². The zero-order valence-electron chi connectivity index (χ0n) is 14.6. The molecule has 2 N–H and O–H groups in total. The molecule has 4 rings (SSSR count). The van der Waals surface area contributed by atoms with Crippen LogP contribution in [0.15, 0.2) is 48.8 Å². The van der Waals surface area contributed by atoms with Gasteiger partial charge in [0.2, 0.25) is 5.88 Å². The van der Waals surface area contributed by atoms with Crippen molar-refractivity contribution in [1.82, 2.24) is 20.2 Å². The van der Waals surface area contributed by atoms with E-state index in [0.29, 0.717) is 18.1 Å². The van der Waals surface area contributed by atoms with Gasteiger partial charge in [0.15, 0.2) is 5.65 Å². The van der Waals surface area contributed by atoms with Crippen LogP contribution in [-0.2, 0) is 4.74 Å². The Labute approximate surface area is 150 Å². The van der Waals surface area contributed by atoms with Gasteiger partial charge in [0, 0.05) is 30.6 Å². The van der Waals surface area contributed by atoms with Crippen LogP contribution in [0.1, 0.15) is 6.92 Å². The number of hydrogen-bond donors (Lipinski definition) is 2. The van der Waals surface area contributed by atoms with Crippen LogP contribution < -0.4 is 10.1 Å². The molecule has 3 aromatic heterocycles. The maximum absolute atomic E-state index is 5.79. The van der Waals surface area contributed by atoms with Crippen LogP contribution in [0.3, 0.4) is 0 Å². The van der Waals surface area contributed by atoms with Gasteiger partial charge in [-0.2, -0.15) is 5.10 Å². The van der Waals surface area contributed by atoms with Gasteiger partial charge in [0.25, 0.3) is 0 Å². The van der Waals surface area contributed by atoms with Gasteiger partial charge in [-0.1, -0.05) is 0 Å². The summed E-state index contributed by atoms with van der Waals surface area (Å²) in [7, 11) is 1.66. The van der Waals surface area contributed by atoms with Gasteiger partial charge >= 0.3 is 0 Å². The highest BCUT2D eigenvalue weighted by Gasteiger charge is 2.09. The van der Waals surface area contributed by atoms with E-state index in [9.17, 15) is 0 Å². The van der Waals surface area contributed by atoms with Crippen LogP contribution in [-0.4, -0.2) is 40.0 Å². The number of aromatic amines is 1. The summed E-state index contributed by atoms with van der Waals surface area (Å²) < 4.78 is 11.0. The Kier molecular flexibility index (Phi) is 4.37. The Balaban J connectivity index is 1.61. The summed E-state index contributed by atoms with van der Waals surface area (Å²) in [6, 6.07) is 11.8. The average molecular weight is 349 g/mol. The number of ether oxygens (including phenoxy) is 2. The number of nitrogens with one attached hydrogen (secondary N) is 2. The normalized spacial score (nSPS) is 12.4. The van der Waals surface area contributed by atoms with Crippen LogP contribution in [0, 0.1) is 0 Å². The van der Waals surface area contributed by atoms with Crippen LogP contribution in [0.4, 0.5) is 11.5 Å². The second kappa shape index (κ2) is 6.97. The molecule has 0 aliphatic heterocycles. The molecule has 0 bridgehead atoms. The van der Waals surface area contributed by atoms with E-state index >= 15 is 0 Å². The molecule has 7 heteroatoms. The summed E-state index contributed by atoms with van der Waals surface area (Å²) in [6.45, 7) is 2.41. The minimum Gasteiger partial charge on any atom is -0.474 e. The Bertz CT molecular complexity index is 1050. The molecule has 0 aliphatic rings. The summed E-state index contributed by atoms with van der Waals surface area (Å²) >= 11 is 0. The maximum Gasteiger partial charge on any atom is 0.221 e. The molecular weight excluding hydrogens is 330 g/mol. The lowest BCUT2D eigenvalue weighted by Gasteiger charge is -2.13.